The SMILES string of the molecule is NS(=O)(=O)c1cccc(NCC(O)C2CC2)c1[N+](=O)[O-]. The second-order valence-electron chi connectivity index (χ2n) is 4.74. The molecular formula is C11H15N3O5S. The number of rotatable bonds is 6. The van der Waals surface area contributed by atoms with E-state index in [1.165, 1.54) is 12.1 Å². The van der Waals surface area contributed by atoms with E-state index in [2.05, 4.69) is 5.32 Å². The van der Waals surface area contributed by atoms with Gasteiger partial charge in [0.15, 0.2) is 4.90 Å². The minimum atomic E-state index is -4.19. The number of anilines is 1. The van der Waals surface area contributed by atoms with E-state index in [0.29, 0.717) is 0 Å². The predicted octanol–water partition coefficient (Wildman–Crippen LogP) is 0.425. The molecule has 0 spiro atoms. The zero-order valence-electron chi connectivity index (χ0n) is 10.5. The van der Waals surface area contributed by atoms with Crippen LogP contribution in [-0.4, -0.2) is 31.1 Å². The van der Waals surface area contributed by atoms with Gasteiger partial charge in [0.05, 0.1) is 11.0 Å². The maximum Gasteiger partial charge on any atom is 0.312 e. The topological polar surface area (TPSA) is 136 Å². The Hall–Kier alpha value is -1.71. The average Bonchev–Trinajstić information content (AvgIpc) is 3.18. The fraction of sp³-hybridized carbons (Fsp3) is 0.455. The van der Waals surface area contributed by atoms with Crippen molar-refractivity contribution in [2.75, 3.05) is 11.9 Å². The molecule has 1 aromatic rings. The number of aliphatic hydroxyl groups excluding tert-OH is 1. The lowest BCUT2D eigenvalue weighted by molar-refractivity contribution is -0.386. The predicted molar refractivity (Wildman–Crippen MR) is 71.7 cm³/mol. The minimum Gasteiger partial charge on any atom is -0.391 e. The standard InChI is InChI=1S/C11H15N3O5S/c12-20(18,19)10-3-1-2-8(11(10)14(16)17)13-6-9(15)7-4-5-7/h1-3,7,9,13,15H,4-6H2,(H2,12,18,19). The molecule has 1 atom stereocenters. The zero-order valence-corrected chi connectivity index (χ0v) is 11.3. The minimum absolute atomic E-state index is 0.0289. The number of hydrogen-bond acceptors (Lipinski definition) is 6. The van der Waals surface area contributed by atoms with Gasteiger partial charge in [0.1, 0.15) is 5.69 Å². The number of nitrogens with one attached hydrogen (secondary N) is 1. The van der Waals surface area contributed by atoms with Crippen molar-refractivity contribution < 1.29 is 18.4 Å². The van der Waals surface area contributed by atoms with Crippen LogP contribution < -0.4 is 10.5 Å². The molecule has 20 heavy (non-hydrogen) atoms. The van der Waals surface area contributed by atoms with E-state index >= 15 is 0 Å². The fourth-order valence-corrected chi connectivity index (χ4v) is 2.67. The van der Waals surface area contributed by atoms with E-state index < -0.39 is 31.6 Å². The number of nitro benzene ring substituents is 1. The summed E-state index contributed by atoms with van der Waals surface area (Å²) in [6.07, 6.45) is 1.26. The molecule has 2 rings (SSSR count). The maximum absolute atomic E-state index is 11.4. The highest BCUT2D eigenvalue weighted by Crippen LogP contribution is 2.34. The van der Waals surface area contributed by atoms with Crippen molar-refractivity contribution in [3.63, 3.8) is 0 Å². The Morgan fingerprint density at radius 3 is 2.65 bits per heavy atom. The second kappa shape index (κ2) is 5.35. The van der Waals surface area contributed by atoms with Crippen molar-refractivity contribution in [2.24, 2.45) is 11.1 Å². The van der Waals surface area contributed by atoms with Crippen LogP contribution in [0.25, 0.3) is 0 Å². The van der Waals surface area contributed by atoms with Gasteiger partial charge in [-0.15, -0.1) is 0 Å². The quantitative estimate of drug-likeness (QED) is 0.515. The maximum atomic E-state index is 11.4. The van der Waals surface area contributed by atoms with Gasteiger partial charge in [-0.1, -0.05) is 6.07 Å². The summed E-state index contributed by atoms with van der Waals surface area (Å²) in [6.45, 7) is 0.125. The summed E-state index contributed by atoms with van der Waals surface area (Å²) in [7, 11) is -4.19. The molecule has 0 radical (unpaired) electrons. The van der Waals surface area contributed by atoms with Crippen molar-refractivity contribution in [1.82, 2.24) is 0 Å². The zero-order chi connectivity index (χ0) is 14.9. The smallest absolute Gasteiger partial charge is 0.312 e. The van der Waals surface area contributed by atoms with Crippen LogP contribution in [0.2, 0.25) is 0 Å². The molecule has 0 aromatic heterocycles. The highest BCUT2D eigenvalue weighted by molar-refractivity contribution is 7.89. The molecule has 0 bridgehead atoms. The van der Waals surface area contributed by atoms with Gasteiger partial charge in [0.25, 0.3) is 0 Å². The molecule has 8 nitrogen and oxygen atoms in total. The van der Waals surface area contributed by atoms with Crippen LogP contribution in [0.4, 0.5) is 11.4 Å². The lowest BCUT2D eigenvalue weighted by Crippen LogP contribution is -2.22. The molecule has 1 aliphatic carbocycles. The van der Waals surface area contributed by atoms with Crippen LogP contribution in [0.1, 0.15) is 12.8 Å². The van der Waals surface area contributed by atoms with Crippen LogP contribution >= 0.6 is 0 Å². The van der Waals surface area contributed by atoms with E-state index in [4.69, 9.17) is 5.14 Å². The van der Waals surface area contributed by atoms with E-state index in [1.54, 1.807) is 0 Å². The van der Waals surface area contributed by atoms with E-state index in [9.17, 15) is 23.6 Å². The summed E-state index contributed by atoms with van der Waals surface area (Å²) in [5.74, 6) is 0.211. The molecule has 1 unspecified atom stereocenters. The van der Waals surface area contributed by atoms with Gasteiger partial charge >= 0.3 is 5.69 Å². The Labute approximate surface area is 115 Å². The first-order valence-corrected chi connectivity index (χ1v) is 7.57. The highest BCUT2D eigenvalue weighted by Gasteiger charge is 2.31. The van der Waals surface area contributed by atoms with Crippen LogP contribution in [0, 0.1) is 16.0 Å². The van der Waals surface area contributed by atoms with Crippen molar-refractivity contribution in [1.29, 1.82) is 0 Å². The third kappa shape index (κ3) is 3.24. The average molecular weight is 301 g/mol. The molecule has 1 aliphatic rings. The van der Waals surface area contributed by atoms with E-state index in [1.807, 2.05) is 0 Å². The second-order valence-corrected chi connectivity index (χ2v) is 6.27. The number of nitrogens with zero attached hydrogens (tertiary/aromatic N) is 1. The summed E-state index contributed by atoms with van der Waals surface area (Å²) in [4.78, 5) is 9.72. The molecule has 1 fully saturated rings. The van der Waals surface area contributed by atoms with Crippen molar-refractivity contribution in [3.05, 3.63) is 28.3 Å². The summed E-state index contributed by atoms with van der Waals surface area (Å²) < 4.78 is 22.7. The van der Waals surface area contributed by atoms with Gasteiger partial charge < -0.3 is 10.4 Å². The van der Waals surface area contributed by atoms with Crippen LogP contribution in [0.5, 0.6) is 0 Å². The van der Waals surface area contributed by atoms with Gasteiger partial charge in [-0.05, 0) is 30.9 Å². The Morgan fingerprint density at radius 2 is 2.15 bits per heavy atom. The first-order valence-electron chi connectivity index (χ1n) is 6.03. The molecule has 110 valence electrons. The van der Waals surface area contributed by atoms with Gasteiger partial charge in [0.2, 0.25) is 10.0 Å². The number of aliphatic hydroxyl groups is 1. The molecule has 0 amide bonds. The number of sulfonamides is 1. The van der Waals surface area contributed by atoms with E-state index in [0.717, 1.165) is 18.9 Å². The van der Waals surface area contributed by atoms with Crippen molar-refractivity contribution in [2.45, 2.75) is 23.8 Å². The number of primary sulfonamides is 1. The first-order chi connectivity index (χ1) is 9.30. The van der Waals surface area contributed by atoms with Crippen molar-refractivity contribution >= 4 is 21.4 Å². The summed E-state index contributed by atoms with van der Waals surface area (Å²) in [5, 5.41) is 28.5. The lowest BCUT2D eigenvalue weighted by Gasteiger charge is -2.13. The summed E-state index contributed by atoms with van der Waals surface area (Å²) in [6, 6.07) is 3.82. The largest absolute Gasteiger partial charge is 0.391 e. The van der Waals surface area contributed by atoms with Crippen molar-refractivity contribution in [3.8, 4) is 0 Å². The molecule has 1 saturated carbocycles. The monoisotopic (exact) mass is 301 g/mol. The number of nitrogens with two attached hydrogens (primary N) is 1. The van der Waals surface area contributed by atoms with Gasteiger partial charge in [-0.3, -0.25) is 10.1 Å². The highest BCUT2D eigenvalue weighted by atomic mass is 32.2. The Morgan fingerprint density at radius 1 is 1.50 bits per heavy atom. The van der Waals surface area contributed by atoms with E-state index in [-0.39, 0.29) is 18.2 Å². The summed E-state index contributed by atoms with van der Waals surface area (Å²) >= 11 is 0. The molecule has 1 aromatic carbocycles. The third-order valence-corrected chi connectivity index (χ3v) is 4.10. The Kier molecular flexibility index (Phi) is 3.93. The molecule has 0 heterocycles. The number of nitro groups is 1. The van der Waals surface area contributed by atoms with Crippen LogP contribution in [-0.2, 0) is 10.0 Å². The molecular weight excluding hydrogens is 286 g/mol. The Balaban J connectivity index is 2.29. The third-order valence-electron chi connectivity index (χ3n) is 3.16. The van der Waals surface area contributed by atoms with Gasteiger partial charge in [-0.2, -0.15) is 0 Å². The molecule has 0 saturated heterocycles. The van der Waals surface area contributed by atoms with Gasteiger partial charge in [-0.25, -0.2) is 13.6 Å². The normalized spacial score (nSPS) is 16.7. The molecule has 9 heteroatoms. The number of hydrogen-bond donors (Lipinski definition) is 3. The lowest BCUT2D eigenvalue weighted by atomic mass is 10.2. The number of benzene rings is 1. The fourth-order valence-electron chi connectivity index (χ4n) is 1.95. The van der Waals surface area contributed by atoms with Gasteiger partial charge in [0, 0.05) is 6.54 Å². The number of para-hydroxylation sites is 1. The Bertz CT molecular complexity index is 627. The van der Waals surface area contributed by atoms with Crippen LogP contribution in [0.15, 0.2) is 23.1 Å². The molecule has 4 N–H and O–H groups in total. The first kappa shape index (κ1) is 14.7. The van der Waals surface area contributed by atoms with Crippen LogP contribution in [0.3, 0.4) is 0 Å². The summed E-state index contributed by atoms with van der Waals surface area (Å²) in [5.41, 5.74) is -0.570. The molecule has 0 aliphatic heterocycles.